The summed E-state index contributed by atoms with van der Waals surface area (Å²) < 4.78 is 2.19. The lowest BCUT2D eigenvalue weighted by Gasteiger charge is -2.31. The average Bonchev–Trinajstić information content (AvgIpc) is 3.26. The van der Waals surface area contributed by atoms with Crippen molar-refractivity contribution >= 4 is 35.1 Å². The predicted octanol–water partition coefficient (Wildman–Crippen LogP) is 7.30. The lowest BCUT2D eigenvalue weighted by molar-refractivity contribution is 0.194. The number of aromatic nitrogens is 1. The van der Waals surface area contributed by atoms with E-state index in [-0.39, 0.29) is 12.1 Å². The number of nitrogens with zero attached hydrogens (tertiary/aromatic N) is 2. The van der Waals surface area contributed by atoms with Crippen molar-refractivity contribution in [2.45, 2.75) is 24.4 Å². The van der Waals surface area contributed by atoms with Gasteiger partial charge in [-0.25, -0.2) is 4.79 Å². The van der Waals surface area contributed by atoms with Gasteiger partial charge in [0, 0.05) is 27.5 Å². The normalized spacial score (nSPS) is 14.9. The Balaban J connectivity index is 1.63. The van der Waals surface area contributed by atoms with Crippen molar-refractivity contribution in [2.24, 2.45) is 0 Å². The lowest BCUT2D eigenvalue weighted by Crippen LogP contribution is -2.38. The van der Waals surface area contributed by atoms with Crippen LogP contribution in [-0.4, -0.2) is 21.8 Å². The summed E-state index contributed by atoms with van der Waals surface area (Å²) in [4.78, 5) is 16.9. The number of halogens is 1. The van der Waals surface area contributed by atoms with Crippen LogP contribution in [0.1, 0.15) is 28.4 Å². The first-order valence-corrected chi connectivity index (χ1v) is 12.4. The quantitative estimate of drug-likeness (QED) is 0.317. The van der Waals surface area contributed by atoms with Crippen LogP contribution in [0.4, 0.5) is 10.5 Å². The molecular formula is C27H24ClN3OS. The van der Waals surface area contributed by atoms with Gasteiger partial charge in [0.2, 0.25) is 0 Å². The number of hydrogen-bond donors (Lipinski definition) is 1. The molecule has 0 saturated heterocycles. The molecule has 6 heteroatoms. The van der Waals surface area contributed by atoms with E-state index in [0.717, 1.165) is 33.8 Å². The summed E-state index contributed by atoms with van der Waals surface area (Å²) in [6.07, 6.45) is 4.13. The Labute approximate surface area is 203 Å². The summed E-state index contributed by atoms with van der Waals surface area (Å²) in [6, 6.07) is 26.0. The smallest absolute Gasteiger partial charge is 0.318 e. The zero-order chi connectivity index (χ0) is 22.9. The molecule has 0 fully saturated rings. The molecule has 1 aliphatic rings. The number of hydrogen-bond acceptors (Lipinski definition) is 2. The van der Waals surface area contributed by atoms with E-state index in [4.69, 9.17) is 11.6 Å². The standard InChI is InChI=1S/C27H24ClN3OS/c1-18-9-12-21(28)16-23(18)29-27(32)31-17-20-6-3-4-7-24(20)30-15-5-8-25(30)26(31)19-10-13-22(33-2)14-11-19/h3-16,26H,17H2,1-2H3,(H,29,32)/t26-/m0/s1. The van der Waals surface area contributed by atoms with Gasteiger partial charge in [-0.05, 0) is 72.3 Å². The number of carbonyl (C=O) groups is 1. The molecule has 5 rings (SSSR count). The van der Waals surface area contributed by atoms with E-state index >= 15 is 0 Å². The summed E-state index contributed by atoms with van der Waals surface area (Å²) in [6.45, 7) is 2.45. The second-order valence-electron chi connectivity index (χ2n) is 8.12. The number of rotatable bonds is 3. The van der Waals surface area contributed by atoms with Crippen LogP contribution in [-0.2, 0) is 6.54 Å². The molecule has 0 bridgehead atoms. The Morgan fingerprint density at radius 3 is 2.61 bits per heavy atom. The van der Waals surface area contributed by atoms with Gasteiger partial charge < -0.3 is 14.8 Å². The molecule has 0 spiro atoms. The van der Waals surface area contributed by atoms with Gasteiger partial charge in [0.1, 0.15) is 0 Å². The topological polar surface area (TPSA) is 37.3 Å². The van der Waals surface area contributed by atoms with E-state index in [9.17, 15) is 4.79 Å². The Kier molecular flexibility index (Phi) is 5.92. The number of nitrogens with one attached hydrogen (secondary N) is 1. The van der Waals surface area contributed by atoms with Crippen LogP contribution >= 0.6 is 23.4 Å². The van der Waals surface area contributed by atoms with Crippen LogP contribution < -0.4 is 5.32 Å². The van der Waals surface area contributed by atoms with Crippen molar-refractivity contribution in [1.29, 1.82) is 0 Å². The fourth-order valence-electron chi connectivity index (χ4n) is 4.39. The fraction of sp³-hybridized carbons (Fsp3) is 0.148. The van der Waals surface area contributed by atoms with Crippen LogP contribution in [0.3, 0.4) is 0 Å². The molecule has 2 amide bonds. The van der Waals surface area contributed by atoms with Crippen LogP contribution in [0.2, 0.25) is 5.02 Å². The predicted molar refractivity (Wildman–Crippen MR) is 137 cm³/mol. The number of thioether (sulfide) groups is 1. The van der Waals surface area contributed by atoms with Gasteiger partial charge in [0.05, 0.1) is 18.3 Å². The minimum Gasteiger partial charge on any atom is -0.318 e. The van der Waals surface area contributed by atoms with E-state index < -0.39 is 0 Å². The molecule has 0 aliphatic carbocycles. The SMILES string of the molecule is CSc1ccc([C@H]2c3cccn3-c3ccccc3CN2C(=O)Nc2cc(Cl)ccc2C)cc1. The minimum absolute atomic E-state index is 0.163. The lowest BCUT2D eigenvalue weighted by atomic mass is 10.0. The van der Waals surface area contributed by atoms with E-state index in [1.807, 2.05) is 42.2 Å². The molecule has 2 heterocycles. The van der Waals surface area contributed by atoms with Gasteiger partial charge >= 0.3 is 6.03 Å². The van der Waals surface area contributed by atoms with Gasteiger partial charge in [-0.15, -0.1) is 11.8 Å². The Morgan fingerprint density at radius 1 is 1.03 bits per heavy atom. The maximum atomic E-state index is 13.8. The number of urea groups is 1. The molecule has 4 nitrogen and oxygen atoms in total. The minimum atomic E-state index is -0.247. The number of anilines is 1. The van der Waals surface area contributed by atoms with Crippen LogP contribution in [0, 0.1) is 6.92 Å². The molecular weight excluding hydrogens is 450 g/mol. The average molecular weight is 474 g/mol. The maximum absolute atomic E-state index is 13.8. The van der Waals surface area contributed by atoms with E-state index in [0.29, 0.717) is 11.6 Å². The molecule has 166 valence electrons. The van der Waals surface area contributed by atoms with Crippen molar-refractivity contribution in [3.63, 3.8) is 0 Å². The fourth-order valence-corrected chi connectivity index (χ4v) is 4.97. The van der Waals surface area contributed by atoms with E-state index in [1.165, 1.54) is 4.90 Å². The molecule has 1 atom stereocenters. The molecule has 3 aromatic carbocycles. The first-order chi connectivity index (χ1) is 16.0. The van der Waals surface area contributed by atoms with Gasteiger partial charge in [0.25, 0.3) is 0 Å². The molecule has 1 aromatic heterocycles. The number of benzene rings is 3. The zero-order valence-electron chi connectivity index (χ0n) is 18.5. The number of carbonyl (C=O) groups excluding carboxylic acids is 1. The largest absolute Gasteiger partial charge is 0.322 e. The van der Waals surface area contributed by atoms with Crippen LogP contribution in [0.25, 0.3) is 5.69 Å². The summed E-state index contributed by atoms with van der Waals surface area (Å²) in [5.74, 6) is 0. The van der Waals surface area contributed by atoms with Gasteiger partial charge in [-0.2, -0.15) is 0 Å². The number of aryl methyl sites for hydroxylation is 1. The summed E-state index contributed by atoms with van der Waals surface area (Å²) in [5, 5.41) is 3.71. The Morgan fingerprint density at radius 2 is 1.82 bits per heavy atom. The number of amides is 2. The highest BCUT2D eigenvalue weighted by Crippen LogP contribution is 2.37. The van der Waals surface area contributed by atoms with Gasteiger partial charge in [-0.1, -0.05) is 48.0 Å². The van der Waals surface area contributed by atoms with Crippen molar-refractivity contribution < 1.29 is 4.79 Å². The molecule has 0 unspecified atom stereocenters. The van der Waals surface area contributed by atoms with Crippen LogP contribution in [0.15, 0.2) is 90.0 Å². The molecule has 0 saturated carbocycles. The maximum Gasteiger partial charge on any atom is 0.322 e. The van der Waals surface area contributed by atoms with E-state index in [2.05, 4.69) is 64.8 Å². The highest BCUT2D eigenvalue weighted by Gasteiger charge is 2.33. The van der Waals surface area contributed by atoms with E-state index in [1.54, 1.807) is 17.8 Å². The first-order valence-electron chi connectivity index (χ1n) is 10.8. The monoisotopic (exact) mass is 473 g/mol. The Bertz CT molecular complexity index is 1320. The molecule has 4 aromatic rings. The third kappa shape index (κ3) is 4.14. The first kappa shape index (κ1) is 21.7. The third-order valence-corrected chi connectivity index (χ3v) is 7.08. The second-order valence-corrected chi connectivity index (χ2v) is 9.44. The third-order valence-electron chi connectivity index (χ3n) is 6.10. The number of fused-ring (bicyclic) bond motifs is 3. The van der Waals surface area contributed by atoms with Crippen molar-refractivity contribution in [1.82, 2.24) is 9.47 Å². The van der Waals surface area contributed by atoms with Crippen LogP contribution in [0.5, 0.6) is 0 Å². The molecule has 33 heavy (non-hydrogen) atoms. The summed E-state index contributed by atoms with van der Waals surface area (Å²) >= 11 is 7.92. The summed E-state index contributed by atoms with van der Waals surface area (Å²) in [7, 11) is 0. The van der Waals surface area contributed by atoms with Crippen molar-refractivity contribution in [3.8, 4) is 5.69 Å². The molecule has 1 N–H and O–H groups in total. The Hall–Kier alpha value is -3.15. The molecule has 0 radical (unpaired) electrons. The van der Waals surface area contributed by atoms with Crippen molar-refractivity contribution in [3.05, 3.63) is 112 Å². The molecule has 1 aliphatic heterocycles. The number of para-hydroxylation sites is 1. The second kappa shape index (κ2) is 9.00. The summed E-state index contributed by atoms with van der Waals surface area (Å²) in [5.41, 5.74) is 5.99. The zero-order valence-corrected chi connectivity index (χ0v) is 20.0. The highest BCUT2D eigenvalue weighted by atomic mass is 35.5. The van der Waals surface area contributed by atoms with Crippen molar-refractivity contribution in [2.75, 3.05) is 11.6 Å². The highest BCUT2D eigenvalue weighted by molar-refractivity contribution is 7.98. The van der Waals surface area contributed by atoms with Gasteiger partial charge in [-0.3, -0.25) is 0 Å². The van der Waals surface area contributed by atoms with Gasteiger partial charge in [0.15, 0.2) is 0 Å².